The molecule has 0 aliphatic carbocycles. The van der Waals surface area contributed by atoms with Gasteiger partial charge in [0.05, 0.1) is 18.1 Å². The molecule has 0 saturated carbocycles. The fourth-order valence-electron chi connectivity index (χ4n) is 2.79. The van der Waals surface area contributed by atoms with Gasteiger partial charge in [0.2, 0.25) is 0 Å². The highest BCUT2D eigenvalue weighted by Gasteiger charge is 2.10. The Morgan fingerprint density at radius 3 is 2.54 bits per heavy atom. The van der Waals surface area contributed by atoms with Crippen LogP contribution in [0.3, 0.4) is 0 Å². The number of hydrogen-bond acceptors (Lipinski definition) is 6. The smallest absolute Gasteiger partial charge is 0.145 e. The summed E-state index contributed by atoms with van der Waals surface area (Å²) >= 11 is 0. The second-order valence-electron chi connectivity index (χ2n) is 7.12. The molecule has 3 N–H and O–H groups in total. The molecular formula is C22H28N6. The molecular weight excluding hydrogens is 348 g/mol. The summed E-state index contributed by atoms with van der Waals surface area (Å²) in [7, 11) is 1.87. The Kier molecular flexibility index (Phi) is 6.55. The highest BCUT2D eigenvalue weighted by molar-refractivity contribution is 5.88. The summed E-state index contributed by atoms with van der Waals surface area (Å²) in [6.07, 6.45) is 7.39. The van der Waals surface area contributed by atoms with E-state index in [4.69, 9.17) is 0 Å². The van der Waals surface area contributed by atoms with Crippen LogP contribution in [0.25, 0.3) is 22.0 Å². The number of fused-ring (bicyclic) bond motifs is 1. The van der Waals surface area contributed by atoms with E-state index in [2.05, 4.69) is 63.5 Å². The fraction of sp³-hybridized carbons (Fsp3) is 0.318. The number of anilines is 2. The van der Waals surface area contributed by atoms with Gasteiger partial charge in [-0.15, -0.1) is 6.58 Å². The van der Waals surface area contributed by atoms with Gasteiger partial charge in [-0.3, -0.25) is 4.98 Å². The molecule has 0 amide bonds. The highest BCUT2D eigenvalue weighted by atomic mass is 15.0. The number of nitrogens with one attached hydrogen (secondary N) is 3. The minimum atomic E-state index is 0.324. The molecule has 0 atom stereocenters. The maximum atomic E-state index is 4.63. The molecule has 1 saturated heterocycles. The molecule has 1 aromatic carbocycles. The minimum Gasteiger partial charge on any atom is -0.373 e. The first-order valence-corrected chi connectivity index (χ1v) is 9.59. The number of hydrogen-bond donors (Lipinski definition) is 3. The third-order valence-corrected chi connectivity index (χ3v) is 4.49. The van der Waals surface area contributed by atoms with Crippen LogP contribution in [0.2, 0.25) is 0 Å². The Labute approximate surface area is 166 Å². The first kappa shape index (κ1) is 19.8. The fourth-order valence-corrected chi connectivity index (χ4v) is 2.79. The van der Waals surface area contributed by atoms with Crippen molar-refractivity contribution >= 4 is 22.4 Å². The molecule has 1 aliphatic heterocycles. The zero-order valence-electron chi connectivity index (χ0n) is 16.7. The van der Waals surface area contributed by atoms with Gasteiger partial charge in [0.1, 0.15) is 11.6 Å². The van der Waals surface area contributed by atoms with Crippen LogP contribution in [-0.2, 0) is 0 Å². The summed E-state index contributed by atoms with van der Waals surface area (Å²) in [4.78, 5) is 13.2. The number of aromatic nitrogens is 3. The maximum Gasteiger partial charge on any atom is 0.145 e. The van der Waals surface area contributed by atoms with Crippen molar-refractivity contribution in [2.24, 2.45) is 5.92 Å². The lowest BCUT2D eigenvalue weighted by molar-refractivity contribution is 0.419. The molecule has 2 aromatic heterocycles. The number of nitrogens with zero attached hydrogens (tertiary/aromatic N) is 3. The molecule has 0 unspecified atom stereocenters. The highest BCUT2D eigenvalue weighted by Crippen LogP contribution is 2.24. The molecule has 146 valence electrons. The van der Waals surface area contributed by atoms with Crippen molar-refractivity contribution in [2.45, 2.75) is 19.9 Å². The first-order valence-electron chi connectivity index (χ1n) is 9.59. The van der Waals surface area contributed by atoms with Crippen LogP contribution in [0.5, 0.6) is 0 Å². The lowest BCUT2D eigenvalue weighted by Gasteiger charge is -2.22. The van der Waals surface area contributed by atoms with E-state index in [1.54, 1.807) is 12.4 Å². The van der Waals surface area contributed by atoms with Crippen molar-refractivity contribution in [3.05, 3.63) is 55.5 Å². The summed E-state index contributed by atoms with van der Waals surface area (Å²) in [5.41, 5.74) is 1.90. The van der Waals surface area contributed by atoms with Crippen LogP contribution in [-0.4, -0.2) is 41.1 Å². The van der Waals surface area contributed by atoms with E-state index in [0.717, 1.165) is 52.7 Å². The predicted octanol–water partition coefficient (Wildman–Crippen LogP) is 3.95. The van der Waals surface area contributed by atoms with Crippen molar-refractivity contribution < 1.29 is 0 Å². The number of rotatable bonds is 5. The average molecular weight is 377 g/mol. The summed E-state index contributed by atoms with van der Waals surface area (Å²) in [6, 6.07) is 8.57. The average Bonchev–Trinajstić information content (AvgIpc) is 2.66. The quantitative estimate of drug-likeness (QED) is 0.586. The van der Waals surface area contributed by atoms with Crippen molar-refractivity contribution in [3.63, 3.8) is 0 Å². The Morgan fingerprint density at radius 1 is 1.11 bits per heavy atom. The van der Waals surface area contributed by atoms with Gasteiger partial charge in [-0.25, -0.2) is 9.97 Å². The van der Waals surface area contributed by atoms with Gasteiger partial charge in [-0.05, 0) is 31.4 Å². The van der Waals surface area contributed by atoms with Gasteiger partial charge in [0.25, 0.3) is 0 Å². The lowest BCUT2D eigenvalue weighted by Crippen LogP contribution is -2.40. The summed E-state index contributed by atoms with van der Waals surface area (Å²) < 4.78 is 0. The SMILES string of the molecule is C=CC1CNC1.CNc1cc2cc(-c3cncc(NC(C)C)n3)ccc2cn1. The molecule has 6 nitrogen and oxygen atoms in total. The number of pyridine rings is 1. The topological polar surface area (TPSA) is 74.8 Å². The normalized spacial score (nSPS) is 13.4. The van der Waals surface area contributed by atoms with Crippen LogP contribution in [0.4, 0.5) is 11.6 Å². The minimum absolute atomic E-state index is 0.324. The van der Waals surface area contributed by atoms with Crippen LogP contribution < -0.4 is 16.0 Å². The van der Waals surface area contributed by atoms with Gasteiger partial charge in [-0.1, -0.05) is 18.2 Å². The predicted molar refractivity (Wildman–Crippen MR) is 118 cm³/mol. The first-order chi connectivity index (χ1) is 13.6. The Morgan fingerprint density at radius 2 is 1.93 bits per heavy atom. The second kappa shape index (κ2) is 9.28. The van der Waals surface area contributed by atoms with Gasteiger partial charge < -0.3 is 16.0 Å². The molecule has 28 heavy (non-hydrogen) atoms. The van der Waals surface area contributed by atoms with Gasteiger partial charge in [-0.2, -0.15) is 0 Å². The van der Waals surface area contributed by atoms with Crippen molar-refractivity contribution in [1.82, 2.24) is 20.3 Å². The Bertz CT molecular complexity index is 933. The number of benzene rings is 1. The zero-order chi connectivity index (χ0) is 19.9. The van der Waals surface area contributed by atoms with Gasteiger partial charge in [0.15, 0.2) is 0 Å². The van der Waals surface area contributed by atoms with Gasteiger partial charge >= 0.3 is 0 Å². The largest absolute Gasteiger partial charge is 0.373 e. The molecule has 0 bridgehead atoms. The maximum absolute atomic E-state index is 4.63. The molecule has 3 heterocycles. The van der Waals surface area contributed by atoms with Crippen molar-refractivity contribution in [2.75, 3.05) is 30.8 Å². The third-order valence-electron chi connectivity index (χ3n) is 4.49. The Hall–Kier alpha value is -2.99. The van der Waals surface area contributed by atoms with E-state index >= 15 is 0 Å². The monoisotopic (exact) mass is 376 g/mol. The van der Waals surface area contributed by atoms with Gasteiger partial charge in [0, 0.05) is 49.2 Å². The van der Waals surface area contributed by atoms with E-state index < -0.39 is 0 Å². The molecule has 4 rings (SSSR count). The molecule has 1 fully saturated rings. The molecule has 0 radical (unpaired) electrons. The summed E-state index contributed by atoms with van der Waals surface area (Å²) in [5, 5.41) is 11.7. The van der Waals surface area contributed by atoms with Crippen LogP contribution in [0.1, 0.15) is 13.8 Å². The van der Waals surface area contributed by atoms with Crippen molar-refractivity contribution in [1.29, 1.82) is 0 Å². The van der Waals surface area contributed by atoms with E-state index in [0.29, 0.717) is 6.04 Å². The molecule has 1 aliphatic rings. The van der Waals surface area contributed by atoms with Crippen molar-refractivity contribution in [3.8, 4) is 11.3 Å². The third kappa shape index (κ3) is 5.04. The van der Waals surface area contributed by atoms with Crippen LogP contribution in [0.15, 0.2) is 55.5 Å². The summed E-state index contributed by atoms with van der Waals surface area (Å²) in [6.45, 7) is 10.1. The molecule has 0 spiro atoms. The summed E-state index contributed by atoms with van der Waals surface area (Å²) in [5.74, 6) is 2.41. The molecule has 6 heteroatoms. The van der Waals surface area contributed by atoms with Crippen LogP contribution in [0, 0.1) is 5.92 Å². The van der Waals surface area contributed by atoms with E-state index in [9.17, 15) is 0 Å². The van der Waals surface area contributed by atoms with E-state index in [1.165, 1.54) is 0 Å². The standard InChI is InChI=1S/C17H19N5.C5H9N/c1-11(2)21-17-10-19-9-15(22-17)12-4-5-13-8-20-16(18-3)7-14(13)6-12;1-2-5-3-6-4-5/h4-11H,1-3H3,(H,18,20)(H,21,22);2,5-6H,1,3-4H2. The second-order valence-corrected chi connectivity index (χ2v) is 7.12. The van der Waals surface area contributed by atoms with E-state index in [1.807, 2.05) is 31.5 Å². The Balaban J connectivity index is 0.000000320. The zero-order valence-corrected chi connectivity index (χ0v) is 16.7. The van der Waals surface area contributed by atoms with Crippen LogP contribution >= 0.6 is 0 Å². The lowest BCUT2D eigenvalue weighted by atomic mass is 10.1. The van der Waals surface area contributed by atoms with E-state index in [-0.39, 0.29) is 0 Å². The molecule has 3 aromatic rings.